The van der Waals surface area contributed by atoms with Crippen LogP contribution in [0, 0.1) is 0 Å². The molecule has 1 spiro atoms. The highest BCUT2D eigenvalue weighted by Crippen LogP contribution is 2.55. The molecule has 0 amide bonds. The van der Waals surface area contributed by atoms with Crippen molar-refractivity contribution in [2.24, 2.45) is 0 Å². The van der Waals surface area contributed by atoms with E-state index in [0.29, 0.717) is 0 Å². The molecule has 2 aliphatic rings. The second-order valence-corrected chi connectivity index (χ2v) is 7.90. The van der Waals surface area contributed by atoms with Crippen LogP contribution in [0.25, 0.3) is 16.8 Å². The molecular weight excluding hydrogens is 334 g/mol. The number of methoxy groups -OCH3 is 1. The number of hydrogen-bond donors (Lipinski definition) is 0. The zero-order valence-electron chi connectivity index (χ0n) is 16.1. The van der Waals surface area contributed by atoms with Gasteiger partial charge in [0.2, 0.25) is 5.72 Å². The van der Waals surface area contributed by atoms with E-state index in [1.807, 2.05) is 6.07 Å². The van der Waals surface area contributed by atoms with Gasteiger partial charge < -0.3 is 14.4 Å². The SMILES string of the molecule is COc1ccc2c(c1)C(C)(C)C1(C=Cc3ccc4ccccc4c3O1)N2C. The molecule has 136 valence electrons. The maximum absolute atomic E-state index is 6.88. The van der Waals surface area contributed by atoms with Crippen molar-refractivity contribution < 1.29 is 9.47 Å². The van der Waals surface area contributed by atoms with E-state index >= 15 is 0 Å². The first-order valence-electron chi connectivity index (χ1n) is 9.30. The highest BCUT2D eigenvalue weighted by molar-refractivity contribution is 5.93. The lowest BCUT2D eigenvalue weighted by Crippen LogP contribution is -2.58. The van der Waals surface area contributed by atoms with Gasteiger partial charge in [0.25, 0.3) is 0 Å². The monoisotopic (exact) mass is 357 g/mol. The Morgan fingerprint density at radius 1 is 1.00 bits per heavy atom. The number of likely N-dealkylation sites (N-methyl/N-ethyl adjacent to an activating group) is 1. The predicted molar refractivity (Wildman–Crippen MR) is 111 cm³/mol. The third-order valence-electron chi connectivity index (χ3n) is 6.29. The molecule has 0 N–H and O–H groups in total. The largest absolute Gasteiger partial charge is 0.497 e. The third kappa shape index (κ3) is 1.97. The zero-order valence-corrected chi connectivity index (χ0v) is 16.1. The zero-order chi connectivity index (χ0) is 18.8. The Balaban J connectivity index is 1.72. The van der Waals surface area contributed by atoms with Gasteiger partial charge in [-0.05, 0) is 55.1 Å². The fraction of sp³-hybridized carbons (Fsp3) is 0.250. The van der Waals surface area contributed by atoms with Crippen molar-refractivity contribution in [1.82, 2.24) is 0 Å². The van der Waals surface area contributed by atoms with Crippen LogP contribution in [0.1, 0.15) is 25.0 Å². The maximum atomic E-state index is 6.88. The summed E-state index contributed by atoms with van der Waals surface area (Å²) < 4.78 is 12.4. The van der Waals surface area contributed by atoms with Crippen molar-refractivity contribution in [2.75, 3.05) is 19.1 Å². The average molecular weight is 357 g/mol. The van der Waals surface area contributed by atoms with Crippen molar-refractivity contribution in [1.29, 1.82) is 0 Å². The smallest absolute Gasteiger partial charge is 0.211 e. The summed E-state index contributed by atoms with van der Waals surface area (Å²) in [6, 6.07) is 19.0. The highest BCUT2D eigenvalue weighted by atomic mass is 16.5. The van der Waals surface area contributed by atoms with Crippen molar-refractivity contribution in [3.05, 3.63) is 71.8 Å². The van der Waals surface area contributed by atoms with Crippen LogP contribution in [-0.2, 0) is 5.41 Å². The van der Waals surface area contributed by atoms with Crippen LogP contribution < -0.4 is 14.4 Å². The lowest BCUT2D eigenvalue weighted by Gasteiger charge is -2.46. The standard InChI is InChI=1S/C24H23NO2/c1-23(2)20-15-18(26-4)11-12-21(20)25(3)24(23)14-13-17-10-9-16-7-5-6-8-19(16)22(17)27-24/h5-15H,1-4H3. The lowest BCUT2D eigenvalue weighted by molar-refractivity contribution is 0.0598. The molecule has 1 atom stereocenters. The Hall–Kier alpha value is -2.94. The number of rotatable bonds is 1. The Kier molecular flexibility index (Phi) is 3.18. The summed E-state index contributed by atoms with van der Waals surface area (Å²) in [6.45, 7) is 4.49. The molecule has 0 aromatic heterocycles. The van der Waals surface area contributed by atoms with Gasteiger partial charge in [0.05, 0.1) is 12.5 Å². The number of benzene rings is 3. The van der Waals surface area contributed by atoms with Gasteiger partial charge >= 0.3 is 0 Å². The van der Waals surface area contributed by atoms with E-state index in [4.69, 9.17) is 9.47 Å². The molecule has 27 heavy (non-hydrogen) atoms. The van der Waals surface area contributed by atoms with Crippen LogP contribution in [0.5, 0.6) is 11.5 Å². The minimum atomic E-state index is -0.585. The molecule has 2 heterocycles. The number of nitrogens with zero attached hydrogens (tertiary/aromatic N) is 1. The molecule has 3 heteroatoms. The molecule has 1 unspecified atom stereocenters. The van der Waals surface area contributed by atoms with Crippen LogP contribution in [-0.4, -0.2) is 19.9 Å². The van der Waals surface area contributed by atoms with Gasteiger partial charge in [-0.1, -0.05) is 36.4 Å². The average Bonchev–Trinajstić information content (AvgIpc) is 2.86. The van der Waals surface area contributed by atoms with E-state index in [9.17, 15) is 0 Å². The number of anilines is 1. The first-order chi connectivity index (χ1) is 13.0. The highest BCUT2D eigenvalue weighted by Gasteiger charge is 2.57. The molecule has 0 saturated heterocycles. The van der Waals surface area contributed by atoms with Crippen LogP contribution in [0.2, 0.25) is 0 Å². The van der Waals surface area contributed by atoms with Crippen molar-refractivity contribution in [3.8, 4) is 11.5 Å². The summed E-state index contributed by atoms with van der Waals surface area (Å²) in [5.74, 6) is 1.83. The van der Waals surface area contributed by atoms with E-state index in [2.05, 4.69) is 86.5 Å². The van der Waals surface area contributed by atoms with Crippen LogP contribution >= 0.6 is 0 Å². The second kappa shape index (κ2) is 5.29. The molecule has 0 saturated carbocycles. The van der Waals surface area contributed by atoms with Crippen molar-refractivity contribution in [3.63, 3.8) is 0 Å². The quantitative estimate of drug-likeness (QED) is 0.584. The first kappa shape index (κ1) is 16.2. The molecule has 0 bridgehead atoms. The summed E-state index contributed by atoms with van der Waals surface area (Å²) in [5, 5.41) is 2.34. The molecule has 0 fully saturated rings. The van der Waals surface area contributed by atoms with Crippen molar-refractivity contribution >= 4 is 22.5 Å². The first-order valence-corrected chi connectivity index (χ1v) is 9.30. The number of ether oxygens (including phenoxy) is 2. The maximum Gasteiger partial charge on any atom is 0.211 e. The van der Waals surface area contributed by atoms with Crippen LogP contribution in [0.3, 0.4) is 0 Å². The fourth-order valence-corrected chi connectivity index (χ4v) is 4.64. The summed E-state index contributed by atoms with van der Waals surface area (Å²) in [7, 11) is 3.82. The van der Waals surface area contributed by atoms with Gasteiger partial charge in [0.15, 0.2) is 0 Å². The Morgan fingerprint density at radius 3 is 2.63 bits per heavy atom. The molecular formula is C24H23NO2. The summed E-state index contributed by atoms with van der Waals surface area (Å²) in [4.78, 5) is 2.25. The molecule has 3 aromatic carbocycles. The van der Waals surface area contributed by atoms with E-state index < -0.39 is 5.72 Å². The van der Waals surface area contributed by atoms with E-state index in [0.717, 1.165) is 22.4 Å². The molecule has 3 nitrogen and oxygen atoms in total. The Bertz CT molecular complexity index is 1100. The minimum Gasteiger partial charge on any atom is -0.497 e. The third-order valence-corrected chi connectivity index (χ3v) is 6.29. The van der Waals surface area contributed by atoms with E-state index in [-0.39, 0.29) is 5.41 Å². The van der Waals surface area contributed by atoms with Gasteiger partial charge in [0.1, 0.15) is 11.5 Å². The van der Waals surface area contributed by atoms with Gasteiger partial charge in [-0.25, -0.2) is 0 Å². The van der Waals surface area contributed by atoms with Crippen LogP contribution in [0.4, 0.5) is 5.69 Å². The molecule has 0 aliphatic carbocycles. The lowest BCUT2D eigenvalue weighted by atomic mass is 9.76. The van der Waals surface area contributed by atoms with E-state index in [1.54, 1.807) is 7.11 Å². The van der Waals surface area contributed by atoms with Gasteiger partial charge in [-0.3, -0.25) is 0 Å². The molecule has 0 radical (unpaired) electrons. The van der Waals surface area contributed by atoms with E-state index in [1.165, 1.54) is 16.6 Å². The summed E-state index contributed by atoms with van der Waals surface area (Å²) >= 11 is 0. The molecule has 2 aliphatic heterocycles. The normalized spacial score (nSPS) is 21.9. The van der Waals surface area contributed by atoms with Gasteiger partial charge in [0, 0.05) is 23.7 Å². The number of hydrogen-bond acceptors (Lipinski definition) is 3. The van der Waals surface area contributed by atoms with Gasteiger partial charge in [-0.15, -0.1) is 0 Å². The predicted octanol–water partition coefficient (Wildman–Crippen LogP) is 5.38. The van der Waals surface area contributed by atoms with Gasteiger partial charge in [-0.2, -0.15) is 0 Å². The summed E-state index contributed by atoms with van der Waals surface area (Å²) in [6.07, 6.45) is 4.41. The fourth-order valence-electron chi connectivity index (χ4n) is 4.64. The minimum absolute atomic E-state index is 0.253. The molecule has 5 rings (SSSR count). The van der Waals surface area contributed by atoms with Crippen LogP contribution in [0.15, 0.2) is 60.7 Å². The summed E-state index contributed by atoms with van der Waals surface area (Å²) in [5.41, 5.74) is 2.69. The van der Waals surface area contributed by atoms with Crippen molar-refractivity contribution in [2.45, 2.75) is 25.0 Å². The topological polar surface area (TPSA) is 21.7 Å². The number of fused-ring (bicyclic) bond motifs is 4. The Morgan fingerprint density at radius 2 is 1.81 bits per heavy atom. The Labute approximate surface area is 159 Å². The molecule has 3 aromatic rings. The second-order valence-electron chi connectivity index (χ2n) is 7.90.